The van der Waals surface area contributed by atoms with E-state index in [0.29, 0.717) is 29.3 Å². The third-order valence-electron chi connectivity index (χ3n) is 7.85. The number of hydrogen-bond acceptors (Lipinski definition) is 4. The molecule has 2 fully saturated rings. The molecule has 1 saturated carbocycles. The zero-order valence-electron chi connectivity index (χ0n) is 20.8. The lowest BCUT2D eigenvalue weighted by atomic mass is 9.96. The van der Waals surface area contributed by atoms with Crippen LogP contribution in [0.15, 0.2) is 41.2 Å². The third-order valence-corrected chi connectivity index (χ3v) is 7.85. The predicted octanol–water partition coefficient (Wildman–Crippen LogP) is 5.55. The van der Waals surface area contributed by atoms with Crippen LogP contribution in [0.25, 0.3) is 15.9 Å². The highest BCUT2D eigenvalue weighted by molar-refractivity contribution is 5.89. The van der Waals surface area contributed by atoms with Gasteiger partial charge in [0, 0.05) is 49.9 Å². The van der Waals surface area contributed by atoms with E-state index < -0.39 is 0 Å². The molecule has 3 heterocycles. The van der Waals surface area contributed by atoms with Gasteiger partial charge in [-0.25, -0.2) is 4.39 Å². The summed E-state index contributed by atoms with van der Waals surface area (Å²) in [6, 6.07) is 11.1. The van der Waals surface area contributed by atoms with Gasteiger partial charge in [0.25, 0.3) is 11.4 Å². The van der Waals surface area contributed by atoms with Gasteiger partial charge in [0.15, 0.2) is 0 Å². The molecule has 1 unspecified atom stereocenters. The van der Waals surface area contributed by atoms with Crippen molar-refractivity contribution in [3.05, 3.63) is 75.1 Å². The second-order valence-corrected chi connectivity index (χ2v) is 10.1. The maximum atomic E-state index is 15.1. The van der Waals surface area contributed by atoms with Crippen molar-refractivity contribution in [3.63, 3.8) is 0 Å². The van der Waals surface area contributed by atoms with E-state index in [4.69, 9.17) is 6.57 Å². The van der Waals surface area contributed by atoms with Crippen molar-refractivity contribution in [1.29, 1.82) is 0 Å². The number of rotatable bonds is 5. The summed E-state index contributed by atoms with van der Waals surface area (Å²) in [4.78, 5) is 25.5. The summed E-state index contributed by atoms with van der Waals surface area (Å²) in [5, 5.41) is 0. The molecule has 6 nitrogen and oxygen atoms in total. The normalized spacial score (nSPS) is 21.8. The molecule has 35 heavy (non-hydrogen) atoms. The van der Waals surface area contributed by atoms with E-state index in [0.717, 1.165) is 42.6 Å². The molecule has 1 aliphatic heterocycles. The Hall–Kier alpha value is -3.24. The molecule has 1 aliphatic carbocycles. The van der Waals surface area contributed by atoms with Gasteiger partial charge >= 0.3 is 0 Å². The first-order chi connectivity index (χ1) is 16.8. The fourth-order valence-electron chi connectivity index (χ4n) is 5.55. The Bertz CT molecular complexity index is 1370. The molecule has 7 heteroatoms. The van der Waals surface area contributed by atoms with E-state index in [-0.39, 0.29) is 29.5 Å². The molecule has 2 aromatic heterocycles. The van der Waals surface area contributed by atoms with Crippen molar-refractivity contribution in [2.75, 3.05) is 18.0 Å². The minimum absolute atomic E-state index is 0.0509. The number of anilines is 1. The molecular formula is C28H32FN5O. The smallest absolute Gasteiger partial charge is 0.270 e. The largest absolute Gasteiger partial charge is 0.362 e. The van der Waals surface area contributed by atoms with Gasteiger partial charge in [-0.05, 0) is 62.8 Å². The summed E-state index contributed by atoms with van der Waals surface area (Å²) in [6.07, 6.45) is 3.23. The molecule has 182 valence electrons. The van der Waals surface area contributed by atoms with Crippen LogP contribution in [0, 0.1) is 12.4 Å². The van der Waals surface area contributed by atoms with E-state index in [9.17, 15) is 4.79 Å². The van der Waals surface area contributed by atoms with E-state index in [2.05, 4.69) is 46.5 Å². The molecule has 5 rings (SSSR count). The number of piperazine rings is 1. The van der Waals surface area contributed by atoms with Gasteiger partial charge in [-0.1, -0.05) is 25.6 Å². The maximum absolute atomic E-state index is 15.1. The average Bonchev–Trinajstić information content (AvgIpc) is 3.71. The third kappa shape index (κ3) is 4.21. The topological polar surface area (TPSA) is 45.7 Å². The molecule has 0 spiro atoms. The molecule has 3 aromatic rings. The van der Waals surface area contributed by atoms with Crippen LogP contribution in [-0.4, -0.2) is 39.6 Å². The van der Waals surface area contributed by atoms with Gasteiger partial charge in [-0.2, -0.15) is 0 Å². The Labute approximate surface area is 205 Å². The number of benzene rings is 1. The van der Waals surface area contributed by atoms with Crippen LogP contribution < -0.4 is 10.5 Å². The first-order valence-corrected chi connectivity index (χ1v) is 12.5. The zero-order chi connectivity index (χ0) is 24.9. The van der Waals surface area contributed by atoms with E-state index in [1.165, 1.54) is 0 Å². The molecule has 1 saturated heterocycles. The molecule has 0 radical (unpaired) electrons. The molecule has 0 bridgehead atoms. The minimum atomic E-state index is -0.111. The lowest BCUT2D eigenvalue weighted by Gasteiger charge is -2.48. The summed E-state index contributed by atoms with van der Waals surface area (Å²) in [5.74, 6) is 0.737. The number of fused-ring (bicyclic) bond motifs is 1. The van der Waals surface area contributed by atoms with Crippen LogP contribution in [0.4, 0.5) is 15.9 Å². The highest BCUT2D eigenvalue weighted by Gasteiger charge is 2.36. The first-order valence-electron chi connectivity index (χ1n) is 12.5. The Morgan fingerprint density at radius 1 is 1.20 bits per heavy atom. The highest BCUT2D eigenvalue weighted by Crippen LogP contribution is 2.41. The van der Waals surface area contributed by atoms with Crippen LogP contribution in [0.2, 0.25) is 0 Å². The van der Waals surface area contributed by atoms with Crippen molar-refractivity contribution in [3.8, 4) is 0 Å². The number of nitrogens with zero attached hydrogens (tertiary/aromatic N) is 5. The lowest BCUT2D eigenvalue weighted by molar-refractivity contribution is 0.104. The summed E-state index contributed by atoms with van der Waals surface area (Å²) >= 11 is 0. The summed E-state index contributed by atoms with van der Waals surface area (Å²) < 4.78 is 16.7. The monoisotopic (exact) mass is 473 g/mol. The van der Waals surface area contributed by atoms with Gasteiger partial charge < -0.3 is 14.3 Å². The van der Waals surface area contributed by atoms with E-state index in [1.807, 2.05) is 6.07 Å². The summed E-state index contributed by atoms with van der Waals surface area (Å²) in [6.45, 7) is 15.2. The predicted molar refractivity (Wildman–Crippen MR) is 138 cm³/mol. The van der Waals surface area contributed by atoms with Crippen LogP contribution in [0.1, 0.15) is 63.1 Å². The molecule has 2 aliphatic rings. The van der Waals surface area contributed by atoms with Crippen molar-refractivity contribution >= 4 is 22.5 Å². The number of halogens is 1. The van der Waals surface area contributed by atoms with Gasteiger partial charge in [0.1, 0.15) is 5.82 Å². The number of hydrogen-bond donors (Lipinski definition) is 0. The van der Waals surface area contributed by atoms with Crippen molar-refractivity contribution in [1.82, 2.24) is 14.5 Å². The molecular weight excluding hydrogens is 441 g/mol. The van der Waals surface area contributed by atoms with Crippen molar-refractivity contribution < 1.29 is 4.39 Å². The maximum Gasteiger partial charge on any atom is 0.270 e. The summed E-state index contributed by atoms with van der Waals surface area (Å²) in [5.41, 5.74) is 3.92. The molecule has 0 N–H and O–H groups in total. The molecule has 3 atom stereocenters. The molecule has 0 amide bonds. The fraction of sp³-hybridized carbons (Fsp3) is 0.464. The van der Waals surface area contributed by atoms with E-state index >= 15 is 4.39 Å². The second-order valence-electron chi connectivity index (χ2n) is 10.1. The zero-order valence-corrected chi connectivity index (χ0v) is 20.8. The van der Waals surface area contributed by atoms with Gasteiger partial charge in [-0.15, -0.1) is 4.98 Å². The van der Waals surface area contributed by atoms with Crippen molar-refractivity contribution in [2.45, 2.75) is 64.1 Å². The lowest BCUT2D eigenvalue weighted by Crippen LogP contribution is -2.58. The van der Waals surface area contributed by atoms with Crippen LogP contribution in [-0.2, 0) is 7.05 Å². The number of aryl methyl sites for hydroxylation is 1. The SMILES string of the molecule is [C-]#[N+]c1ccc2c(n1)c(N1C[C@@H](CC)N(C(C)c3ccc(C4CC4)cc3F)C[C@@H]1C)cc(=O)n2C. The molecule has 1 aromatic carbocycles. The highest BCUT2D eigenvalue weighted by atomic mass is 19.1. The average molecular weight is 474 g/mol. The fourth-order valence-corrected chi connectivity index (χ4v) is 5.55. The van der Waals surface area contributed by atoms with Gasteiger partial charge in [0.05, 0.1) is 11.2 Å². The van der Waals surface area contributed by atoms with Gasteiger partial charge in [-0.3, -0.25) is 9.69 Å². The first kappa shape index (κ1) is 23.5. The van der Waals surface area contributed by atoms with Crippen LogP contribution in [0.3, 0.4) is 0 Å². The standard InChI is InChI=1S/C28H32FN5O/c1-6-21-16-33(25-14-27(35)32(5)24-11-12-26(30-4)31-28(24)25)17(2)15-34(21)18(3)22-10-9-20(13-23(22)29)19-7-8-19/h9-14,17-19,21H,6-8,15-16H2,1-3,5H3/t17-,18?,21+/m0/s1. The van der Waals surface area contributed by atoms with Crippen LogP contribution in [0.5, 0.6) is 0 Å². The Kier molecular flexibility index (Phi) is 6.10. The Morgan fingerprint density at radius 2 is 1.97 bits per heavy atom. The Balaban J connectivity index is 1.48. The number of pyridine rings is 2. The quantitative estimate of drug-likeness (QED) is 0.456. The van der Waals surface area contributed by atoms with Crippen molar-refractivity contribution in [2.24, 2.45) is 7.05 Å². The van der Waals surface area contributed by atoms with Crippen LogP contribution >= 0.6 is 0 Å². The minimum Gasteiger partial charge on any atom is -0.362 e. The Morgan fingerprint density at radius 3 is 2.63 bits per heavy atom. The number of aromatic nitrogens is 2. The van der Waals surface area contributed by atoms with E-state index in [1.54, 1.807) is 35.9 Å². The second kappa shape index (κ2) is 9.09. The van der Waals surface area contributed by atoms with Gasteiger partial charge in [0.2, 0.25) is 5.52 Å². The summed E-state index contributed by atoms with van der Waals surface area (Å²) in [7, 11) is 1.73.